The van der Waals surface area contributed by atoms with E-state index in [2.05, 4.69) is 4.98 Å². The van der Waals surface area contributed by atoms with Crippen LogP contribution in [0.15, 0.2) is 56.7 Å². The summed E-state index contributed by atoms with van der Waals surface area (Å²) in [4.78, 5) is 52.2. The molecular formula is C20H20N4O6. The molecule has 0 bridgehead atoms. The van der Waals surface area contributed by atoms with Gasteiger partial charge in [0, 0.05) is 7.05 Å². The quantitative estimate of drug-likeness (QED) is 0.573. The number of carbonyl (C=O) groups excluding carboxylic acids is 2. The lowest BCUT2D eigenvalue weighted by molar-refractivity contribution is -0.121. The Balaban J connectivity index is 1.81. The van der Waals surface area contributed by atoms with Crippen LogP contribution in [0.5, 0.6) is 0 Å². The molecule has 0 aliphatic rings. The van der Waals surface area contributed by atoms with Crippen LogP contribution in [0.2, 0.25) is 0 Å². The first kappa shape index (κ1) is 20.6. The van der Waals surface area contributed by atoms with Crippen LogP contribution in [-0.4, -0.2) is 35.1 Å². The van der Waals surface area contributed by atoms with Gasteiger partial charge in [0.1, 0.15) is 17.1 Å². The summed E-state index contributed by atoms with van der Waals surface area (Å²) in [6, 6.07) is 10.4. The van der Waals surface area contributed by atoms with Gasteiger partial charge in [-0.3, -0.25) is 19.1 Å². The molecule has 10 heteroatoms. The summed E-state index contributed by atoms with van der Waals surface area (Å²) in [5.41, 5.74) is 5.29. The average molecular weight is 412 g/mol. The topological polar surface area (TPSA) is 141 Å². The third-order valence-corrected chi connectivity index (χ3v) is 4.51. The second kappa shape index (κ2) is 8.52. The van der Waals surface area contributed by atoms with Gasteiger partial charge >= 0.3 is 11.7 Å². The fourth-order valence-corrected chi connectivity index (χ4v) is 2.85. The molecule has 0 aliphatic carbocycles. The molecule has 3 N–H and O–H groups in total. The van der Waals surface area contributed by atoms with Gasteiger partial charge in [-0.25, -0.2) is 9.59 Å². The van der Waals surface area contributed by atoms with Crippen LogP contribution in [0, 0.1) is 6.92 Å². The van der Waals surface area contributed by atoms with Crippen LogP contribution >= 0.6 is 0 Å². The highest BCUT2D eigenvalue weighted by Gasteiger charge is 2.23. The van der Waals surface area contributed by atoms with Gasteiger partial charge < -0.3 is 19.8 Å². The fourth-order valence-electron chi connectivity index (χ4n) is 2.85. The van der Waals surface area contributed by atoms with E-state index < -0.39 is 29.7 Å². The van der Waals surface area contributed by atoms with Gasteiger partial charge in [0.25, 0.3) is 11.5 Å². The molecule has 156 valence electrons. The van der Waals surface area contributed by atoms with Crippen LogP contribution in [0.4, 0.5) is 11.5 Å². The van der Waals surface area contributed by atoms with Crippen LogP contribution < -0.4 is 21.9 Å². The number of aryl methyl sites for hydroxylation is 1. The van der Waals surface area contributed by atoms with E-state index in [-0.39, 0.29) is 23.6 Å². The van der Waals surface area contributed by atoms with Crippen molar-refractivity contribution in [1.82, 2.24) is 9.55 Å². The highest BCUT2D eigenvalue weighted by molar-refractivity contribution is 5.98. The van der Waals surface area contributed by atoms with Crippen molar-refractivity contribution >= 4 is 23.4 Å². The number of aromatic nitrogens is 2. The van der Waals surface area contributed by atoms with Crippen molar-refractivity contribution in [2.45, 2.75) is 13.5 Å². The molecule has 1 amide bonds. The lowest BCUT2D eigenvalue weighted by Crippen LogP contribution is -2.40. The number of nitrogen functional groups attached to an aromatic ring is 1. The molecule has 30 heavy (non-hydrogen) atoms. The van der Waals surface area contributed by atoms with Crippen LogP contribution in [0.25, 0.3) is 0 Å². The summed E-state index contributed by atoms with van der Waals surface area (Å²) < 4.78 is 11.2. The number of rotatable bonds is 6. The number of hydrogen-bond acceptors (Lipinski definition) is 7. The van der Waals surface area contributed by atoms with E-state index in [1.807, 2.05) is 6.07 Å². The van der Waals surface area contributed by atoms with Crippen LogP contribution in [0.1, 0.15) is 21.7 Å². The van der Waals surface area contributed by atoms with Crippen molar-refractivity contribution in [3.63, 3.8) is 0 Å². The molecular weight excluding hydrogens is 392 g/mol. The molecule has 0 fully saturated rings. The van der Waals surface area contributed by atoms with Gasteiger partial charge in [0.2, 0.25) is 0 Å². The minimum Gasteiger partial charge on any atom is -0.469 e. The lowest BCUT2D eigenvalue weighted by Gasteiger charge is -2.20. The molecule has 0 unspecified atom stereocenters. The molecule has 0 atom stereocenters. The summed E-state index contributed by atoms with van der Waals surface area (Å²) in [6.45, 7) is 1.06. The zero-order valence-electron chi connectivity index (χ0n) is 16.4. The number of anilines is 2. The number of nitrogens with one attached hydrogen (secondary N) is 1. The SMILES string of the molecule is Cc1occc1C(=O)OCC(=O)N(C)c1c(N)n(Cc2ccccc2)c(=O)[nH]c1=O. The molecule has 3 aromatic rings. The molecule has 3 rings (SSSR count). The molecule has 1 aromatic carbocycles. The predicted molar refractivity (Wildman–Crippen MR) is 108 cm³/mol. The number of amides is 1. The van der Waals surface area contributed by atoms with E-state index in [1.165, 1.54) is 19.4 Å². The number of nitrogens with zero attached hydrogens (tertiary/aromatic N) is 2. The summed E-state index contributed by atoms with van der Waals surface area (Å²) in [6.07, 6.45) is 1.33. The Morgan fingerprint density at radius 2 is 1.90 bits per heavy atom. The zero-order valence-corrected chi connectivity index (χ0v) is 16.4. The van der Waals surface area contributed by atoms with Crippen LogP contribution in [0.3, 0.4) is 0 Å². The largest absolute Gasteiger partial charge is 0.469 e. The third kappa shape index (κ3) is 4.17. The monoisotopic (exact) mass is 412 g/mol. The molecule has 0 saturated carbocycles. The van der Waals surface area contributed by atoms with E-state index in [1.54, 1.807) is 31.2 Å². The van der Waals surface area contributed by atoms with Crippen molar-refractivity contribution in [1.29, 1.82) is 0 Å². The Hall–Kier alpha value is -4.08. The van der Waals surface area contributed by atoms with E-state index in [0.717, 1.165) is 15.0 Å². The van der Waals surface area contributed by atoms with Gasteiger partial charge in [-0.1, -0.05) is 30.3 Å². The number of furan rings is 1. The number of ether oxygens (including phenoxy) is 1. The number of hydrogen-bond donors (Lipinski definition) is 2. The Kier molecular flexibility index (Phi) is 5.86. The first-order valence-electron chi connectivity index (χ1n) is 8.94. The Labute approximate surface area is 170 Å². The first-order chi connectivity index (χ1) is 14.3. The number of H-pyrrole nitrogens is 1. The third-order valence-electron chi connectivity index (χ3n) is 4.51. The molecule has 0 radical (unpaired) electrons. The minimum absolute atomic E-state index is 0.103. The van der Waals surface area contributed by atoms with Gasteiger partial charge in [0.15, 0.2) is 12.3 Å². The summed E-state index contributed by atoms with van der Waals surface area (Å²) in [5, 5.41) is 0. The van der Waals surface area contributed by atoms with Crippen molar-refractivity contribution < 1.29 is 18.7 Å². The maximum absolute atomic E-state index is 12.5. The van der Waals surface area contributed by atoms with E-state index in [9.17, 15) is 19.2 Å². The molecule has 10 nitrogen and oxygen atoms in total. The highest BCUT2D eigenvalue weighted by atomic mass is 16.5. The van der Waals surface area contributed by atoms with Crippen molar-refractivity contribution in [3.05, 3.63) is 80.4 Å². The Morgan fingerprint density at radius 3 is 2.53 bits per heavy atom. The predicted octanol–water partition coefficient (Wildman–Crippen LogP) is 0.888. The first-order valence-corrected chi connectivity index (χ1v) is 8.94. The van der Waals surface area contributed by atoms with Gasteiger partial charge in [-0.05, 0) is 18.6 Å². The molecule has 2 heterocycles. The number of benzene rings is 1. The second-order valence-corrected chi connectivity index (χ2v) is 6.48. The maximum Gasteiger partial charge on any atom is 0.342 e. The van der Waals surface area contributed by atoms with E-state index in [0.29, 0.717) is 5.76 Å². The van der Waals surface area contributed by atoms with Crippen molar-refractivity contribution in [2.24, 2.45) is 0 Å². The van der Waals surface area contributed by atoms with Gasteiger partial charge in [-0.15, -0.1) is 0 Å². The highest BCUT2D eigenvalue weighted by Crippen LogP contribution is 2.17. The Bertz CT molecular complexity index is 1190. The number of carbonyl (C=O) groups is 2. The fraction of sp³-hybridized carbons (Fsp3) is 0.200. The maximum atomic E-state index is 12.5. The van der Waals surface area contributed by atoms with Crippen molar-refractivity contribution in [2.75, 3.05) is 24.3 Å². The van der Waals surface area contributed by atoms with E-state index >= 15 is 0 Å². The molecule has 0 spiro atoms. The summed E-state index contributed by atoms with van der Waals surface area (Å²) >= 11 is 0. The summed E-state index contributed by atoms with van der Waals surface area (Å²) in [7, 11) is 1.30. The molecule has 0 saturated heterocycles. The smallest absolute Gasteiger partial charge is 0.342 e. The van der Waals surface area contributed by atoms with Crippen LogP contribution in [-0.2, 0) is 16.1 Å². The minimum atomic E-state index is -0.824. The second-order valence-electron chi connectivity index (χ2n) is 6.48. The molecule has 2 aromatic heterocycles. The molecule has 0 aliphatic heterocycles. The summed E-state index contributed by atoms with van der Waals surface area (Å²) in [5.74, 6) is -1.26. The number of nitrogens with two attached hydrogens (primary N) is 1. The van der Waals surface area contributed by atoms with Gasteiger partial charge in [-0.2, -0.15) is 0 Å². The average Bonchev–Trinajstić information content (AvgIpc) is 3.15. The lowest BCUT2D eigenvalue weighted by atomic mass is 10.2. The Morgan fingerprint density at radius 1 is 1.20 bits per heavy atom. The number of esters is 1. The normalized spacial score (nSPS) is 10.6. The van der Waals surface area contributed by atoms with E-state index in [4.69, 9.17) is 14.9 Å². The standard InChI is InChI=1S/C20H20N4O6/c1-12-14(8-9-29-12)19(27)30-11-15(25)23(2)16-17(21)24(20(28)22-18(16)26)10-13-6-4-3-5-7-13/h3-9H,10-11,21H2,1-2H3,(H,22,26,28). The van der Waals surface area contributed by atoms with Crippen molar-refractivity contribution in [3.8, 4) is 0 Å². The zero-order chi connectivity index (χ0) is 21.8. The number of aromatic amines is 1. The van der Waals surface area contributed by atoms with Gasteiger partial charge in [0.05, 0.1) is 12.8 Å². The number of likely N-dealkylation sites (N-methyl/N-ethyl adjacent to an activating group) is 1.